The number of amides is 1. The maximum atomic E-state index is 12.6. The highest BCUT2D eigenvalue weighted by atomic mass is 32.1. The van der Waals surface area contributed by atoms with Crippen LogP contribution in [-0.4, -0.2) is 40.0 Å². The molecular weight excluding hydrogens is 304 g/mol. The van der Waals surface area contributed by atoms with Gasteiger partial charge in [-0.15, -0.1) is 11.3 Å². The summed E-state index contributed by atoms with van der Waals surface area (Å²) in [6, 6.07) is 3.55. The van der Waals surface area contributed by atoms with E-state index in [0.717, 1.165) is 0 Å². The summed E-state index contributed by atoms with van der Waals surface area (Å²) >= 11 is 1.26. The van der Waals surface area contributed by atoms with Crippen LogP contribution in [0.4, 0.5) is 0 Å². The number of carboxylic acid groups (broad SMARTS) is 1. The molecule has 0 saturated carbocycles. The molecule has 0 aliphatic carbocycles. The Balaban J connectivity index is 1.77. The normalized spacial score (nSPS) is 21.8. The van der Waals surface area contributed by atoms with Gasteiger partial charge in [0.1, 0.15) is 4.88 Å². The molecule has 2 atom stereocenters. The van der Waals surface area contributed by atoms with Crippen LogP contribution in [0.15, 0.2) is 29.0 Å². The third-order valence-electron chi connectivity index (χ3n) is 3.74. The number of likely N-dealkylation sites (tertiary alicyclic amines) is 1. The molecule has 7 heteroatoms. The van der Waals surface area contributed by atoms with Gasteiger partial charge in [-0.25, -0.2) is 4.98 Å². The van der Waals surface area contributed by atoms with Crippen molar-refractivity contribution in [2.24, 2.45) is 11.8 Å². The predicted octanol–water partition coefficient (Wildman–Crippen LogP) is 2.59. The molecule has 1 aliphatic heterocycles. The summed E-state index contributed by atoms with van der Waals surface area (Å²) in [6.07, 6.45) is 3.70. The van der Waals surface area contributed by atoms with Crippen molar-refractivity contribution in [1.82, 2.24) is 9.88 Å². The fourth-order valence-corrected chi connectivity index (χ4v) is 3.59. The summed E-state index contributed by atoms with van der Waals surface area (Å²) in [4.78, 5) is 30.1. The van der Waals surface area contributed by atoms with E-state index in [2.05, 4.69) is 4.98 Å². The maximum absolute atomic E-state index is 12.6. The van der Waals surface area contributed by atoms with Crippen molar-refractivity contribution >= 4 is 23.2 Å². The summed E-state index contributed by atoms with van der Waals surface area (Å²) in [5, 5.41) is 9.84. The Morgan fingerprint density at radius 2 is 2.27 bits per heavy atom. The molecule has 22 heavy (non-hydrogen) atoms. The van der Waals surface area contributed by atoms with Gasteiger partial charge in [-0.05, 0) is 24.5 Å². The Hall–Kier alpha value is -2.15. The standard InChI is InChI=1S/C15H16N2O4S/c1-9-5-10(15(19)20)8-17(7-9)14(18)12-6-16-13(22-12)11-3-2-4-21-11/h2-4,6,9-10H,5,7-8H2,1H3,(H,19,20). The van der Waals surface area contributed by atoms with Crippen LogP contribution in [0.3, 0.4) is 0 Å². The molecule has 1 N–H and O–H groups in total. The van der Waals surface area contributed by atoms with Crippen LogP contribution >= 0.6 is 11.3 Å². The molecule has 3 heterocycles. The Morgan fingerprint density at radius 3 is 2.95 bits per heavy atom. The zero-order chi connectivity index (χ0) is 15.7. The van der Waals surface area contributed by atoms with Crippen LogP contribution in [0.5, 0.6) is 0 Å². The van der Waals surface area contributed by atoms with Gasteiger partial charge in [0.2, 0.25) is 0 Å². The number of carbonyl (C=O) groups excluding carboxylic acids is 1. The molecule has 1 saturated heterocycles. The first-order chi connectivity index (χ1) is 10.5. The smallest absolute Gasteiger partial charge is 0.308 e. The fourth-order valence-electron chi connectivity index (χ4n) is 2.74. The van der Waals surface area contributed by atoms with Gasteiger partial charge in [0.25, 0.3) is 5.91 Å². The number of piperidine rings is 1. The molecule has 3 rings (SSSR count). The van der Waals surface area contributed by atoms with Crippen molar-refractivity contribution in [2.45, 2.75) is 13.3 Å². The van der Waals surface area contributed by atoms with E-state index in [1.165, 1.54) is 17.5 Å². The minimum Gasteiger partial charge on any atom is -0.481 e. The average molecular weight is 320 g/mol. The molecule has 2 aromatic heterocycles. The molecule has 0 radical (unpaired) electrons. The molecule has 116 valence electrons. The summed E-state index contributed by atoms with van der Waals surface area (Å²) in [6.45, 7) is 2.80. The molecule has 0 aromatic carbocycles. The highest BCUT2D eigenvalue weighted by Gasteiger charge is 2.32. The van der Waals surface area contributed by atoms with E-state index in [1.807, 2.05) is 6.92 Å². The maximum Gasteiger partial charge on any atom is 0.308 e. The Morgan fingerprint density at radius 1 is 1.45 bits per heavy atom. The van der Waals surface area contributed by atoms with Crippen LogP contribution in [0.25, 0.3) is 10.8 Å². The number of aliphatic carboxylic acids is 1. The second-order valence-electron chi connectivity index (χ2n) is 5.59. The zero-order valence-corrected chi connectivity index (χ0v) is 12.9. The van der Waals surface area contributed by atoms with Gasteiger partial charge in [-0.2, -0.15) is 0 Å². The van der Waals surface area contributed by atoms with E-state index >= 15 is 0 Å². The fraction of sp³-hybridized carbons (Fsp3) is 0.400. The van der Waals surface area contributed by atoms with Crippen LogP contribution in [0, 0.1) is 11.8 Å². The van der Waals surface area contributed by atoms with Crippen LogP contribution < -0.4 is 0 Å². The van der Waals surface area contributed by atoms with Crippen molar-refractivity contribution in [2.75, 3.05) is 13.1 Å². The highest BCUT2D eigenvalue weighted by molar-refractivity contribution is 7.16. The second-order valence-corrected chi connectivity index (χ2v) is 6.62. The third kappa shape index (κ3) is 2.89. The molecular formula is C15H16N2O4S. The largest absolute Gasteiger partial charge is 0.481 e. The van der Waals surface area contributed by atoms with Crippen molar-refractivity contribution in [3.63, 3.8) is 0 Å². The molecule has 2 unspecified atom stereocenters. The summed E-state index contributed by atoms with van der Waals surface area (Å²) in [5.41, 5.74) is 0. The van der Waals surface area contributed by atoms with Crippen LogP contribution in [-0.2, 0) is 4.79 Å². The monoisotopic (exact) mass is 320 g/mol. The molecule has 2 aromatic rings. The van der Waals surface area contributed by atoms with E-state index in [9.17, 15) is 14.7 Å². The minimum absolute atomic E-state index is 0.159. The van der Waals surface area contributed by atoms with Crippen molar-refractivity contribution in [3.05, 3.63) is 29.5 Å². The average Bonchev–Trinajstić information content (AvgIpc) is 3.16. The van der Waals surface area contributed by atoms with E-state index in [0.29, 0.717) is 28.6 Å². The van der Waals surface area contributed by atoms with Gasteiger partial charge in [0, 0.05) is 13.1 Å². The number of rotatable bonds is 3. The first kappa shape index (κ1) is 14.8. The molecule has 0 spiro atoms. The van der Waals surface area contributed by atoms with E-state index in [-0.39, 0.29) is 18.4 Å². The number of hydrogen-bond donors (Lipinski definition) is 1. The topological polar surface area (TPSA) is 83.6 Å². The number of carboxylic acids is 1. The second kappa shape index (κ2) is 5.92. The van der Waals surface area contributed by atoms with E-state index < -0.39 is 11.9 Å². The van der Waals surface area contributed by atoms with Crippen molar-refractivity contribution in [1.29, 1.82) is 0 Å². The number of furan rings is 1. The lowest BCUT2D eigenvalue weighted by Crippen LogP contribution is -2.45. The van der Waals surface area contributed by atoms with Gasteiger partial charge in [0.05, 0.1) is 18.4 Å². The molecule has 1 amide bonds. The first-order valence-corrected chi connectivity index (χ1v) is 7.88. The van der Waals surface area contributed by atoms with Crippen molar-refractivity contribution < 1.29 is 19.1 Å². The molecule has 6 nitrogen and oxygen atoms in total. The summed E-state index contributed by atoms with van der Waals surface area (Å²) in [5.74, 6) is -0.695. The zero-order valence-electron chi connectivity index (χ0n) is 12.1. The Labute approximate surface area is 131 Å². The molecule has 1 aliphatic rings. The first-order valence-electron chi connectivity index (χ1n) is 7.06. The number of carbonyl (C=O) groups is 2. The number of hydrogen-bond acceptors (Lipinski definition) is 5. The van der Waals surface area contributed by atoms with Gasteiger partial charge in [-0.3, -0.25) is 9.59 Å². The summed E-state index contributed by atoms with van der Waals surface area (Å²) < 4.78 is 5.27. The minimum atomic E-state index is -0.843. The van der Waals surface area contributed by atoms with Gasteiger partial charge >= 0.3 is 5.97 Å². The van der Waals surface area contributed by atoms with Gasteiger partial charge in [-0.1, -0.05) is 6.92 Å². The molecule has 0 bridgehead atoms. The SMILES string of the molecule is CC1CC(C(=O)O)CN(C(=O)c2cnc(-c3ccco3)s2)C1. The number of nitrogens with zero attached hydrogens (tertiary/aromatic N) is 2. The lowest BCUT2D eigenvalue weighted by Gasteiger charge is -2.34. The van der Waals surface area contributed by atoms with Gasteiger partial charge < -0.3 is 14.4 Å². The van der Waals surface area contributed by atoms with Crippen LogP contribution in [0.2, 0.25) is 0 Å². The number of thiazole rings is 1. The Bertz CT molecular complexity index is 680. The van der Waals surface area contributed by atoms with Crippen molar-refractivity contribution in [3.8, 4) is 10.8 Å². The van der Waals surface area contributed by atoms with Gasteiger partial charge in [0.15, 0.2) is 10.8 Å². The lowest BCUT2D eigenvalue weighted by molar-refractivity contribution is -0.143. The van der Waals surface area contributed by atoms with E-state index in [4.69, 9.17) is 4.42 Å². The quantitative estimate of drug-likeness (QED) is 0.939. The molecule has 1 fully saturated rings. The highest BCUT2D eigenvalue weighted by Crippen LogP contribution is 2.28. The summed E-state index contributed by atoms with van der Waals surface area (Å²) in [7, 11) is 0. The van der Waals surface area contributed by atoms with E-state index in [1.54, 1.807) is 23.3 Å². The predicted molar refractivity (Wildman–Crippen MR) is 80.6 cm³/mol. The van der Waals surface area contributed by atoms with Crippen LogP contribution in [0.1, 0.15) is 23.0 Å². The Kier molecular flexibility index (Phi) is 3.98. The third-order valence-corrected chi connectivity index (χ3v) is 4.74. The number of aromatic nitrogens is 1. The lowest BCUT2D eigenvalue weighted by atomic mass is 9.90.